The van der Waals surface area contributed by atoms with Gasteiger partial charge in [-0.1, -0.05) is 23.7 Å². The molecule has 1 heterocycles. The van der Waals surface area contributed by atoms with Crippen molar-refractivity contribution in [3.63, 3.8) is 0 Å². The molecule has 0 aliphatic carbocycles. The highest BCUT2D eigenvalue weighted by molar-refractivity contribution is 6.30. The molecule has 3 rings (SSSR count). The normalized spacial score (nSPS) is 15.3. The molecule has 6 nitrogen and oxygen atoms in total. The number of nitrogens with zero attached hydrogens (tertiary/aromatic N) is 1. The predicted molar refractivity (Wildman–Crippen MR) is 98.1 cm³/mol. The van der Waals surface area contributed by atoms with E-state index in [9.17, 15) is 9.59 Å². The van der Waals surface area contributed by atoms with E-state index >= 15 is 0 Å². The number of urea groups is 1. The number of hydrogen-bond acceptors (Lipinski definition) is 4. The Balaban J connectivity index is 1.86. The Hall–Kier alpha value is -2.99. The van der Waals surface area contributed by atoms with Gasteiger partial charge in [-0.25, -0.2) is 4.79 Å². The lowest BCUT2D eigenvalue weighted by molar-refractivity contribution is -0.123. The molecule has 0 saturated carbocycles. The standard InChI is InChI=1S/C19H17ClN2O4/c1-25-15-7-8-17(26-2)13(9-15)10-16-18(23)22(19(24)21-16)11-12-3-5-14(20)6-4-12/h3-10H,11H2,1-2H3,(H,21,24)/b16-10-. The van der Waals surface area contributed by atoms with E-state index in [1.54, 1.807) is 55.7 Å². The van der Waals surface area contributed by atoms with E-state index in [1.807, 2.05) is 0 Å². The van der Waals surface area contributed by atoms with Gasteiger partial charge in [-0.3, -0.25) is 9.69 Å². The molecule has 0 radical (unpaired) electrons. The van der Waals surface area contributed by atoms with Crippen LogP contribution in [0, 0.1) is 0 Å². The zero-order valence-electron chi connectivity index (χ0n) is 14.3. The molecule has 1 N–H and O–H groups in total. The van der Waals surface area contributed by atoms with Crippen LogP contribution in [0.1, 0.15) is 11.1 Å². The summed E-state index contributed by atoms with van der Waals surface area (Å²) in [5.41, 5.74) is 1.61. The maximum absolute atomic E-state index is 12.6. The average Bonchev–Trinajstić information content (AvgIpc) is 2.90. The zero-order valence-corrected chi connectivity index (χ0v) is 15.0. The van der Waals surface area contributed by atoms with Crippen molar-refractivity contribution < 1.29 is 19.1 Å². The molecule has 1 fully saturated rings. The van der Waals surface area contributed by atoms with Gasteiger partial charge < -0.3 is 14.8 Å². The van der Waals surface area contributed by atoms with E-state index in [0.717, 1.165) is 10.5 Å². The lowest BCUT2D eigenvalue weighted by Crippen LogP contribution is -2.30. The van der Waals surface area contributed by atoms with Crippen molar-refractivity contribution in [2.75, 3.05) is 14.2 Å². The van der Waals surface area contributed by atoms with Crippen LogP contribution >= 0.6 is 11.6 Å². The van der Waals surface area contributed by atoms with E-state index in [2.05, 4.69) is 5.32 Å². The predicted octanol–water partition coefficient (Wildman–Crippen LogP) is 3.45. The lowest BCUT2D eigenvalue weighted by Gasteiger charge is -2.11. The second-order valence-electron chi connectivity index (χ2n) is 5.61. The van der Waals surface area contributed by atoms with E-state index in [4.69, 9.17) is 21.1 Å². The molecule has 3 amide bonds. The monoisotopic (exact) mass is 372 g/mol. The number of benzene rings is 2. The second kappa shape index (κ2) is 7.49. The SMILES string of the molecule is COc1ccc(OC)c(/C=C2\NC(=O)N(Cc3ccc(Cl)cc3)C2=O)c1. The first kappa shape index (κ1) is 17.8. The summed E-state index contributed by atoms with van der Waals surface area (Å²) < 4.78 is 10.5. The quantitative estimate of drug-likeness (QED) is 0.644. The number of hydrogen-bond donors (Lipinski definition) is 1. The van der Waals surface area contributed by atoms with Crippen molar-refractivity contribution in [2.45, 2.75) is 6.54 Å². The number of methoxy groups -OCH3 is 2. The van der Waals surface area contributed by atoms with E-state index < -0.39 is 11.9 Å². The number of amides is 3. The maximum atomic E-state index is 12.6. The second-order valence-corrected chi connectivity index (χ2v) is 6.05. The smallest absolute Gasteiger partial charge is 0.329 e. The van der Waals surface area contributed by atoms with E-state index in [1.165, 1.54) is 7.11 Å². The number of nitrogens with one attached hydrogen (secondary N) is 1. The lowest BCUT2D eigenvalue weighted by atomic mass is 10.1. The van der Waals surface area contributed by atoms with E-state index in [-0.39, 0.29) is 12.2 Å². The first-order valence-corrected chi connectivity index (χ1v) is 8.20. The summed E-state index contributed by atoms with van der Waals surface area (Å²) in [6.45, 7) is 0.161. The van der Waals surface area contributed by atoms with Gasteiger partial charge in [0.05, 0.1) is 20.8 Å². The van der Waals surface area contributed by atoms with Crippen LogP contribution in [0.3, 0.4) is 0 Å². The first-order valence-electron chi connectivity index (χ1n) is 7.83. The molecule has 0 unspecified atom stereocenters. The number of carbonyl (C=O) groups is 2. The van der Waals surface area contributed by atoms with Crippen LogP contribution in [0.5, 0.6) is 11.5 Å². The Morgan fingerprint density at radius 1 is 1.08 bits per heavy atom. The van der Waals surface area contributed by atoms with Gasteiger partial charge in [-0.05, 0) is 42.0 Å². The minimum Gasteiger partial charge on any atom is -0.497 e. The number of ether oxygens (including phenoxy) is 2. The molecule has 0 spiro atoms. The minimum atomic E-state index is -0.474. The van der Waals surface area contributed by atoms with Gasteiger partial charge in [-0.2, -0.15) is 0 Å². The summed E-state index contributed by atoms with van der Waals surface area (Å²) in [7, 11) is 3.08. The fraction of sp³-hybridized carbons (Fsp3) is 0.158. The van der Waals surface area contributed by atoms with Crippen molar-refractivity contribution in [1.29, 1.82) is 0 Å². The van der Waals surface area contributed by atoms with Crippen molar-refractivity contribution in [1.82, 2.24) is 10.2 Å². The zero-order chi connectivity index (χ0) is 18.7. The largest absolute Gasteiger partial charge is 0.497 e. The number of imide groups is 1. The molecular weight excluding hydrogens is 356 g/mol. The molecule has 134 valence electrons. The Morgan fingerprint density at radius 2 is 1.81 bits per heavy atom. The Bertz CT molecular complexity index is 878. The molecule has 1 aliphatic heterocycles. The molecule has 0 bridgehead atoms. The van der Waals surface area contributed by atoms with Gasteiger partial charge >= 0.3 is 6.03 Å². The van der Waals surface area contributed by atoms with Crippen LogP contribution < -0.4 is 14.8 Å². The van der Waals surface area contributed by atoms with Crippen LogP contribution in [0.25, 0.3) is 6.08 Å². The molecule has 0 atom stereocenters. The van der Waals surface area contributed by atoms with Crippen LogP contribution in [0.4, 0.5) is 4.79 Å². The Kier molecular flexibility index (Phi) is 5.14. The number of carbonyl (C=O) groups excluding carboxylic acids is 2. The van der Waals surface area contributed by atoms with Crippen LogP contribution in [-0.2, 0) is 11.3 Å². The molecule has 1 aliphatic rings. The number of halogens is 1. The third-order valence-electron chi connectivity index (χ3n) is 3.95. The molecule has 2 aromatic carbocycles. The highest BCUT2D eigenvalue weighted by Gasteiger charge is 2.33. The Labute approximate surface area is 156 Å². The highest BCUT2D eigenvalue weighted by Crippen LogP contribution is 2.27. The maximum Gasteiger partial charge on any atom is 0.329 e. The van der Waals surface area contributed by atoms with E-state index in [0.29, 0.717) is 22.1 Å². The summed E-state index contributed by atoms with van der Waals surface area (Å²) in [5.74, 6) is 0.777. The molecule has 0 aromatic heterocycles. The van der Waals surface area contributed by atoms with Gasteiger partial charge in [0, 0.05) is 10.6 Å². The molecule has 1 saturated heterocycles. The average molecular weight is 373 g/mol. The van der Waals surface area contributed by atoms with Crippen LogP contribution in [0.2, 0.25) is 5.02 Å². The van der Waals surface area contributed by atoms with Gasteiger partial charge in [-0.15, -0.1) is 0 Å². The van der Waals surface area contributed by atoms with Crippen molar-refractivity contribution >= 4 is 29.6 Å². The summed E-state index contributed by atoms with van der Waals surface area (Å²) in [6.07, 6.45) is 1.57. The van der Waals surface area contributed by atoms with Crippen LogP contribution in [-0.4, -0.2) is 31.1 Å². The molecular formula is C19H17ClN2O4. The molecule has 2 aromatic rings. The summed E-state index contributed by atoms with van der Waals surface area (Å²) in [5, 5.41) is 3.19. The first-order chi connectivity index (χ1) is 12.5. The topological polar surface area (TPSA) is 67.9 Å². The molecule has 26 heavy (non-hydrogen) atoms. The summed E-state index contributed by atoms with van der Waals surface area (Å²) in [6, 6.07) is 11.7. The third-order valence-corrected chi connectivity index (χ3v) is 4.20. The summed E-state index contributed by atoms with van der Waals surface area (Å²) >= 11 is 5.86. The van der Waals surface area contributed by atoms with Crippen molar-refractivity contribution in [3.8, 4) is 11.5 Å². The number of rotatable bonds is 5. The Morgan fingerprint density at radius 3 is 2.46 bits per heavy atom. The van der Waals surface area contributed by atoms with Crippen molar-refractivity contribution in [2.24, 2.45) is 0 Å². The minimum absolute atomic E-state index is 0.161. The fourth-order valence-electron chi connectivity index (χ4n) is 2.60. The van der Waals surface area contributed by atoms with Gasteiger partial charge in [0.1, 0.15) is 17.2 Å². The van der Waals surface area contributed by atoms with Gasteiger partial charge in [0.15, 0.2) is 0 Å². The fourth-order valence-corrected chi connectivity index (χ4v) is 2.72. The highest BCUT2D eigenvalue weighted by atomic mass is 35.5. The van der Waals surface area contributed by atoms with Crippen LogP contribution in [0.15, 0.2) is 48.2 Å². The van der Waals surface area contributed by atoms with Crippen molar-refractivity contribution in [3.05, 3.63) is 64.3 Å². The third kappa shape index (κ3) is 3.65. The summed E-state index contributed by atoms with van der Waals surface area (Å²) in [4.78, 5) is 26.0. The van der Waals surface area contributed by atoms with Gasteiger partial charge in [0.2, 0.25) is 0 Å². The molecule has 7 heteroatoms. The van der Waals surface area contributed by atoms with Gasteiger partial charge in [0.25, 0.3) is 5.91 Å².